The first-order valence-electron chi connectivity index (χ1n) is 7.87. The van der Waals surface area contributed by atoms with Gasteiger partial charge in [0, 0.05) is 18.5 Å². The molecule has 1 amide bonds. The maximum Gasteiger partial charge on any atom is 0.275 e. The van der Waals surface area contributed by atoms with Gasteiger partial charge in [-0.3, -0.25) is 4.79 Å². The quantitative estimate of drug-likeness (QED) is 0.790. The van der Waals surface area contributed by atoms with Crippen LogP contribution in [0.25, 0.3) is 0 Å². The fraction of sp³-hybridized carbons (Fsp3) is 0.667. The van der Waals surface area contributed by atoms with E-state index in [1.807, 2.05) is 20.8 Å². The first kappa shape index (κ1) is 18.4. The molecule has 23 heavy (non-hydrogen) atoms. The summed E-state index contributed by atoms with van der Waals surface area (Å²) in [5.74, 6) is 0.0158. The Bertz CT molecular complexity index is 621. The summed E-state index contributed by atoms with van der Waals surface area (Å²) in [4.78, 5) is 13.2. The minimum atomic E-state index is -3.38. The smallest absolute Gasteiger partial charge is 0.275 e. The molecule has 1 aromatic rings. The average molecular weight is 361 g/mol. The highest BCUT2D eigenvalue weighted by Gasteiger charge is 2.29. The van der Waals surface area contributed by atoms with E-state index in [4.69, 9.17) is 0 Å². The Morgan fingerprint density at radius 1 is 1.35 bits per heavy atom. The van der Waals surface area contributed by atoms with Gasteiger partial charge in [0.15, 0.2) is 6.54 Å². The second-order valence-electron chi connectivity index (χ2n) is 6.91. The van der Waals surface area contributed by atoms with Crippen LogP contribution in [0.3, 0.4) is 0 Å². The Morgan fingerprint density at radius 2 is 2.09 bits per heavy atom. The predicted molar refractivity (Wildman–Crippen MR) is 91.2 cm³/mol. The zero-order chi connectivity index (χ0) is 17.1. The third kappa shape index (κ3) is 5.27. The topological polar surface area (TPSA) is 70.9 Å². The molecule has 1 atom stereocenters. The van der Waals surface area contributed by atoms with Gasteiger partial charge in [-0.2, -0.15) is 4.31 Å². The molecule has 1 saturated heterocycles. The van der Waals surface area contributed by atoms with Crippen molar-refractivity contribution in [3.63, 3.8) is 0 Å². The van der Waals surface area contributed by atoms with E-state index < -0.39 is 10.0 Å². The van der Waals surface area contributed by atoms with Crippen molar-refractivity contribution < 1.29 is 18.1 Å². The Morgan fingerprint density at radius 3 is 2.70 bits per heavy atom. The second-order valence-corrected chi connectivity index (χ2v) is 10.0. The van der Waals surface area contributed by atoms with E-state index in [1.54, 1.807) is 21.8 Å². The Hall–Kier alpha value is -0.960. The van der Waals surface area contributed by atoms with Gasteiger partial charge in [0.2, 0.25) is 0 Å². The molecule has 0 bridgehead atoms. The lowest BCUT2D eigenvalue weighted by molar-refractivity contribution is -0.889. The normalized spacial score (nSPS) is 20.9. The van der Waals surface area contributed by atoms with Crippen LogP contribution in [-0.2, 0) is 14.8 Å². The molecule has 0 radical (unpaired) electrons. The van der Waals surface area contributed by atoms with Crippen molar-refractivity contribution in [3.05, 3.63) is 17.5 Å². The van der Waals surface area contributed by atoms with E-state index in [0.717, 1.165) is 17.9 Å². The number of quaternary nitrogens is 1. The summed E-state index contributed by atoms with van der Waals surface area (Å²) in [6, 6.07) is 3.40. The van der Waals surface area contributed by atoms with Crippen LogP contribution in [0.15, 0.2) is 21.7 Å². The van der Waals surface area contributed by atoms with E-state index in [0.29, 0.717) is 30.4 Å². The van der Waals surface area contributed by atoms with E-state index in [1.165, 1.54) is 11.3 Å². The summed E-state index contributed by atoms with van der Waals surface area (Å²) in [5.41, 5.74) is -0.239. The fourth-order valence-corrected chi connectivity index (χ4v) is 5.29. The Kier molecular flexibility index (Phi) is 5.83. The first-order chi connectivity index (χ1) is 10.7. The Labute approximate surface area is 142 Å². The summed E-state index contributed by atoms with van der Waals surface area (Å²) in [6.07, 6.45) is 0.767. The maximum absolute atomic E-state index is 12.6. The third-order valence-corrected chi connectivity index (χ3v) is 6.94. The third-order valence-electron chi connectivity index (χ3n) is 3.67. The van der Waals surface area contributed by atoms with Crippen LogP contribution >= 0.6 is 11.3 Å². The summed E-state index contributed by atoms with van der Waals surface area (Å²) < 4.78 is 27.1. The lowest BCUT2D eigenvalue weighted by Crippen LogP contribution is -3.13. The maximum atomic E-state index is 12.6. The monoisotopic (exact) mass is 360 g/mol. The lowest BCUT2D eigenvalue weighted by atomic mass is 10.1. The molecule has 2 rings (SSSR count). The van der Waals surface area contributed by atoms with Gasteiger partial charge < -0.3 is 10.2 Å². The van der Waals surface area contributed by atoms with Gasteiger partial charge in [0.25, 0.3) is 15.9 Å². The molecule has 1 fully saturated rings. The van der Waals surface area contributed by atoms with Crippen LogP contribution in [0.1, 0.15) is 27.2 Å². The minimum Gasteiger partial charge on any atom is -0.347 e. The van der Waals surface area contributed by atoms with Gasteiger partial charge in [0.05, 0.1) is 19.6 Å². The molecule has 0 aromatic carbocycles. The molecule has 1 aliphatic rings. The largest absolute Gasteiger partial charge is 0.347 e. The van der Waals surface area contributed by atoms with E-state index >= 15 is 0 Å². The second kappa shape index (κ2) is 7.29. The van der Waals surface area contributed by atoms with Crippen LogP contribution in [0, 0.1) is 0 Å². The number of hydrogen-bond acceptors (Lipinski definition) is 4. The molecule has 130 valence electrons. The van der Waals surface area contributed by atoms with E-state index in [-0.39, 0.29) is 11.4 Å². The summed E-state index contributed by atoms with van der Waals surface area (Å²) in [5, 5.41) is 4.74. The van der Waals surface area contributed by atoms with Crippen molar-refractivity contribution in [2.75, 3.05) is 32.7 Å². The molecule has 0 saturated carbocycles. The van der Waals surface area contributed by atoms with Crippen molar-refractivity contribution in [1.82, 2.24) is 9.62 Å². The van der Waals surface area contributed by atoms with E-state index in [2.05, 4.69) is 5.32 Å². The standard InChI is InChI=1S/C15H25N3O3S2/c1-15(2,3)16-13(19)12-17-7-5-8-18(10-9-17)23(20,21)14-6-4-11-22-14/h4,6,11H,5,7-10,12H2,1-3H3,(H,16,19)/p+1. The van der Waals surface area contributed by atoms with Gasteiger partial charge >= 0.3 is 0 Å². The highest BCUT2D eigenvalue weighted by molar-refractivity contribution is 7.91. The number of sulfonamides is 1. The van der Waals surface area contributed by atoms with Gasteiger partial charge in [0.1, 0.15) is 4.21 Å². The average Bonchev–Trinajstić information content (AvgIpc) is 2.85. The van der Waals surface area contributed by atoms with Crippen molar-refractivity contribution in [2.24, 2.45) is 0 Å². The van der Waals surface area contributed by atoms with Crippen LogP contribution < -0.4 is 10.2 Å². The number of nitrogens with zero attached hydrogens (tertiary/aromatic N) is 1. The fourth-order valence-electron chi connectivity index (χ4n) is 2.67. The van der Waals surface area contributed by atoms with Crippen LogP contribution in [-0.4, -0.2) is 56.9 Å². The van der Waals surface area contributed by atoms with Crippen LogP contribution in [0.4, 0.5) is 0 Å². The van der Waals surface area contributed by atoms with Gasteiger partial charge in [-0.15, -0.1) is 11.3 Å². The number of nitrogens with one attached hydrogen (secondary N) is 2. The molecule has 8 heteroatoms. The molecule has 1 aliphatic heterocycles. The molecule has 0 aliphatic carbocycles. The van der Waals surface area contributed by atoms with Gasteiger partial charge in [-0.05, 0) is 32.2 Å². The summed E-state index contributed by atoms with van der Waals surface area (Å²) >= 11 is 1.25. The van der Waals surface area contributed by atoms with Gasteiger partial charge in [-0.25, -0.2) is 8.42 Å². The molecule has 6 nitrogen and oxygen atoms in total. The summed E-state index contributed by atoms with van der Waals surface area (Å²) in [7, 11) is -3.38. The van der Waals surface area contributed by atoms with Crippen molar-refractivity contribution >= 4 is 27.3 Å². The molecule has 1 unspecified atom stereocenters. The number of amides is 1. The Balaban J connectivity index is 1.94. The molecular weight excluding hydrogens is 334 g/mol. The number of carbonyl (C=O) groups is 1. The minimum absolute atomic E-state index is 0.0158. The number of hydrogen-bond donors (Lipinski definition) is 2. The molecule has 2 N–H and O–H groups in total. The zero-order valence-electron chi connectivity index (χ0n) is 14.0. The number of thiophene rings is 1. The van der Waals surface area contributed by atoms with Crippen molar-refractivity contribution in [2.45, 2.75) is 36.9 Å². The van der Waals surface area contributed by atoms with Crippen LogP contribution in [0.2, 0.25) is 0 Å². The first-order valence-corrected chi connectivity index (χ1v) is 10.2. The van der Waals surface area contributed by atoms with E-state index in [9.17, 15) is 13.2 Å². The van der Waals surface area contributed by atoms with Crippen LogP contribution in [0.5, 0.6) is 0 Å². The highest BCUT2D eigenvalue weighted by atomic mass is 32.2. The molecule has 1 aromatic heterocycles. The molecule has 2 heterocycles. The zero-order valence-corrected chi connectivity index (χ0v) is 15.6. The number of rotatable bonds is 4. The van der Waals surface area contributed by atoms with Crippen molar-refractivity contribution in [1.29, 1.82) is 0 Å². The predicted octanol–water partition coefficient (Wildman–Crippen LogP) is -0.0579. The molecule has 0 spiro atoms. The SMILES string of the molecule is CC(C)(C)NC(=O)C[NH+]1CCCN(S(=O)(=O)c2cccs2)CC1. The lowest BCUT2D eigenvalue weighted by Gasteiger charge is -2.23. The van der Waals surface area contributed by atoms with Crippen molar-refractivity contribution in [3.8, 4) is 0 Å². The highest BCUT2D eigenvalue weighted by Crippen LogP contribution is 2.20. The van der Waals surface area contributed by atoms with Gasteiger partial charge in [-0.1, -0.05) is 6.07 Å². The summed E-state index contributed by atoms with van der Waals surface area (Å²) in [6.45, 7) is 8.71. The number of carbonyl (C=O) groups excluding carboxylic acids is 1. The molecular formula is C15H26N3O3S2+.